The Bertz CT molecular complexity index is 338. The summed E-state index contributed by atoms with van der Waals surface area (Å²) in [4.78, 5) is 0. The van der Waals surface area contributed by atoms with Crippen LogP contribution in [0.15, 0.2) is 24.3 Å². The van der Waals surface area contributed by atoms with Crippen molar-refractivity contribution in [2.75, 3.05) is 13.2 Å². The van der Waals surface area contributed by atoms with Crippen molar-refractivity contribution in [1.29, 1.82) is 0 Å². The Balaban J connectivity index is 2.19. The number of ether oxygens (including phenoxy) is 1. The predicted molar refractivity (Wildman–Crippen MR) is 71.0 cm³/mol. The topological polar surface area (TPSA) is 35.2 Å². The van der Waals surface area contributed by atoms with E-state index in [4.69, 9.17) is 10.5 Å². The van der Waals surface area contributed by atoms with Crippen molar-refractivity contribution < 1.29 is 4.74 Å². The highest BCUT2D eigenvalue weighted by atomic mass is 16.5. The van der Waals surface area contributed by atoms with Gasteiger partial charge in [-0.25, -0.2) is 0 Å². The van der Waals surface area contributed by atoms with Crippen LogP contribution in [0.3, 0.4) is 0 Å². The summed E-state index contributed by atoms with van der Waals surface area (Å²) >= 11 is 0. The molecule has 2 N–H and O–H groups in total. The SMILES string of the molecule is CCOCC1(c2ccc(CN)cc2)CCCC1. The Kier molecular flexibility index (Phi) is 4.19. The maximum Gasteiger partial charge on any atom is 0.0562 e. The van der Waals surface area contributed by atoms with Crippen LogP contribution in [0.5, 0.6) is 0 Å². The highest BCUT2D eigenvalue weighted by molar-refractivity contribution is 5.30. The number of rotatable bonds is 5. The van der Waals surface area contributed by atoms with Gasteiger partial charge in [0.05, 0.1) is 6.61 Å². The number of nitrogens with two attached hydrogens (primary N) is 1. The van der Waals surface area contributed by atoms with Crippen molar-refractivity contribution in [3.05, 3.63) is 35.4 Å². The van der Waals surface area contributed by atoms with Gasteiger partial charge in [-0.1, -0.05) is 37.1 Å². The first-order chi connectivity index (χ1) is 8.30. The molecule has 0 radical (unpaired) electrons. The summed E-state index contributed by atoms with van der Waals surface area (Å²) < 4.78 is 5.71. The van der Waals surface area contributed by atoms with Gasteiger partial charge in [0.15, 0.2) is 0 Å². The number of benzene rings is 1. The lowest BCUT2D eigenvalue weighted by Crippen LogP contribution is -2.28. The Morgan fingerprint density at radius 3 is 2.35 bits per heavy atom. The van der Waals surface area contributed by atoms with E-state index in [1.807, 2.05) is 0 Å². The summed E-state index contributed by atoms with van der Waals surface area (Å²) in [5, 5.41) is 0. The molecule has 1 aliphatic carbocycles. The van der Waals surface area contributed by atoms with E-state index in [2.05, 4.69) is 31.2 Å². The standard InChI is InChI=1S/C15H23NO/c1-2-17-12-15(9-3-4-10-15)14-7-5-13(11-16)6-8-14/h5-8H,2-4,9-12,16H2,1H3. The molecule has 0 aliphatic heterocycles. The second-order valence-electron chi connectivity index (χ2n) is 5.03. The van der Waals surface area contributed by atoms with Crippen molar-refractivity contribution in [2.45, 2.75) is 44.6 Å². The quantitative estimate of drug-likeness (QED) is 0.848. The minimum atomic E-state index is 0.267. The molecule has 0 aromatic heterocycles. The average molecular weight is 233 g/mol. The van der Waals surface area contributed by atoms with E-state index < -0.39 is 0 Å². The largest absolute Gasteiger partial charge is 0.381 e. The maximum atomic E-state index is 5.71. The molecule has 1 fully saturated rings. The van der Waals surface area contributed by atoms with Crippen LogP contribution in [0.2, 0.25) is 0 Å². The molecule has 2 nitrogen and oxygen atoms in total. The predicted octanol–water partition coefficient (Wildman–Crippen LogP) is 2.99. The molecule has 0 amide bonds. The van der Waals surface area contributed by atoms with Crippen LogP contribution in [0.25, 0.3) is 0 Å². The fourth-order valence-corrected chi connectivity index (χ4v) is 2.86. The molecule has 17 heavy (non-hydrogen) atoms. The molecule has 0 spiro atoms. The molecule has 2 heteroatoms. The zero-order valence-corrected chi connectivity index (χ0v) is 10.7. The molecule has 0 bridgehead atoms. The normalized spacial score (nSPS) is 18.5. The third-order valence-corrected chi connectivity index (χ3v) is 3.95. The zero-order chi connectivity index (χ0) is 12.1. The fourth-order valence-electron chi connectivity index (χ4n) is 2.86. The first-order valence-corrected chi connectivity index (χ1v) is 6.68. The third-order valence-electron chi connectivity index (χ3n) is 3.95. The molecule has 2 rings (SSSR count). The highest BCUT2D eigenvalue weighted by Crippen LogP contribution is 2.41. The molecule has 1 aromatic rings. The summed E-state index contributed by atoms with van der Waals surface area (Å²) in [6.45, 7) is 4.37. The van der Waals surface area contributed by atoms with Gasteiger partial charge >= 0.3 is 0 Å². The second-order valence-corrected chi connectivity index (χ2v) is 5.03. The molecule has 1 aliphatic rings. The minimum Gasteiger partial charge on any atom is -0.381 e. The van der Waals surface area contributed by atoms with E-state index in [1.165, 1.54) is 36.8 Å². The van der Waals surface area contributed by atoms with Gasteiger partial charge in [-0.05, 0) is 30.9 Å². The van der Waals surface area contributed by atoms with Crippen LogP contribution >= 0.6 is 0 Å². The van der Waals surface area contributed by atoms with Gasteiger partial charge in [-0.15, -0.1) is 0 Å². The van der Waals surface area contributed by atoms with Crippen molar-refractivity contribution in [3.63, 3.8) is 0 Å². The van der Waals surface area contributed by atoms with Crippen LogP contribution in [0, 0.1) is 0 Å². The Hall–Kier alpha value is -0.860. The van der Waals surface area contributed by atoms with E-state index in [-0.39, 0.29) is 5.41 Å². The second kappa shape index (κ2) is 5.65. The Morgan fingerprint density at radius 2 is 1.82 bits per heavy atom. The monoisotopic (exact) mass is 233 g/mol. The van der Waals surface area contributed by atoms with Gasteiger partial charge in [0, 0.05) is 18.6 Å². The fraction of sp³-hybridized carbons (Fsp3) is 0.600. The molecule has 94 valence electrons. The van der Waals surface area contributed by atoms with E-state index in [9.17, 15) is 0 Å². The lowest BCUT2D eigenvalue weighted by Gasteiger charge is -2.29. The molecule has 0 heterocycles. The maximum absolute atomic E-state index is 5.71. The first-order valence-electron chi connectivity index (χ1n) is 6.68. The molecule has 1 aromatic carbocycles. The summed E-state index contributed by atoms with van der Waals surface area (Å²) in [7, 11) is 0. The zero-order valence-electron chi connectivity index (χ0n) is 10.7. The lowest BCUT2D eigenvalue weighted by molar-refractivity contribution is 0.0935. The van der Waals surface area contributed by atoms with E-state index in [1.54, 1.807) is 0 Å². The van der Waals surface area contributed by atoms with E-state index >= 15 is 0 Å². The highest BCUT2D eigenvalue weighted by Gasteiger charge is 2.35. The third kappa shape index (κ3) is 2.70. The molecule has 0 saturated heterocycles. The van der Waals surface area contributed by atoms with Crippen molar-refractivity contribution >= 4 is 0 Å². The van der Waals surface area contributed by atoms with Crippen LogP contribution in [0.1, 0.15) is 43.7 Å². The van der Waals surface area contributed by atoms with Gasteiger partial charge in [0.1, 0.15) is 0 Å². The number of hydrogen-bond acceptors (Lipinski definition) is 2. The summed E-state index contributed by atoms with van der Waals surface area (Å²) in [5.41, 5.74) is 8.55. The summed E-state index contributed by atoms with van der Waals surface area (Å²) in [6, 6.07) is 8.79. The summed E-state index contributed by atoms with van der Waals surface area (Å²) in [6.07, 6.45) is 5.17. The van der Waals surface area contributed by atoms with Gasteiger partial charge in [-0.3, -0.25) is 0 Å². The van der Waals surface area contributed by atoms with E-state index in [0.717, 1.165) is 13.2 Å². The molecule has 0 unspecified atom stereocenters. The molecular formula is C15H23NO. The Morgan fingerprint density at radius 1 is 1.18 bits per heavy atom. The van der Waals surface area contributed by atoms with Gasteiger partial charge in [-0.2, -0.15) is 0 Å². The van der Waals surface area contributed by atoms with Crippen molar-refractivity contribution in [1.82, 2.24) is 0 Å². The van der Waals surface area contributed by atoms with E-state index in [0.29, 0.717) is 6.54 Å². The van der Waals surface area contributed by atoms with Gasteiger partial charge in [0.2, 0.25) is 0 Å². The number of hydrogen-bond donors (Lipinski definition) is 1. The van der Waals surface area contributed by atoms with Gasteiger partial charge in [0.25, 0.3) is 0 Å². The van der Waals surface area contributed by atoms with Crippen LogP contribution in [0.4, 0.5) is 0 Å². The van der Waals surface area contributed by atoms with Crippen molar-refractivity contribution in [2.24, 2.45) is 5.73 Å². The van der Waals surface area contributed by atoms with Gasteiger partial charge < -0.3 is 10.5 Å². The lowest BCUT2D eigenvalue weighted by atomic mass is 9.79. The average Bonchev–Trinajstić information content (AvgIpc) is 2.86. The smallest absolute Gasteiger partial charge is 0.0562 e. The first kappa shape index (κ1) is 12.6. The van der Waals surface area contributed by atoms with Crippen LogP contribution < -0.4 is 5.73 Å². The van der Waals surface area contributed by atoms with Crippen LogP contribution in [-0.4, -0.2) is 13.2 Å². The Labute approximate surface area is 104 Å². The minimum absolute atomic E-state index is 0.267. The van der Waals surface area contributed by atoms with Crippen molar-refractivity contribution in [3.8, 4) is 0 Å². The van der Waals surface area contributed by atoms with Crippen LogP contribution in [-0.2, 0) is 16.7 Å². The molecule has 0 atom stereocenters. The molecular weight excluding hydrogens is 210 g/mol. The molecule has 1 saturated carbocycles. The summed E-state index contributed by atoms with van der Waals surface area (Å²) in [5.74, 6) is 0.